The van der Waals surface area contributed by atoms with Gasteiger partial charge in [-0.15, -0.1) is 0 Å². The lowest BCUT2D eigenvalue weighted by atomic mass is 9.81. The maximum absolute atomic E-state index is 11.8. The van der Waals surface area contributed by atoms with Crippen LogP contribution in [0.4, 0.5) is 5.69 Å². The molecule has 4 rings (SSSR count). The first-order valence-corrected chi connectivity index (χ1v) is 10.8. The lowest BCUT2D eigenvalue weighted by Crippen LogP contribution is -2.14. The fraction of sp³-hybridized carbons (Fsp3) is 0.250. The number of nitrogens with one attached hydrogen (secondary N) is 2. The van der Waals surface area contributed by atoms with Crippen molar-refractivity contribution in [3.63, 3.8) is 0 Å². The van der Waals surface area contributed by atoms with Gasteiger partial charge in [-0.3, -0.25) is 9.89 Å². The van der Waals surface area contributed by atoms with E-state index in [9.17, 15) is 4.79 Å². The van der Waals surface area contributed by atoms with Crippen LogP contribution in [0.2, 0.25) is 10.0 Å². The zero-order valence-electron chi connectivity index (χ0n) is 17.4. The third-order valence-electron chi connectivity index (χ3n) is 5.78. The number of para-hydroxylation sites is 1. The number of hydrogen-bond donors (Lipinski definition) is 2. The van der Waals surface area contributed by atoms with Gasteiger partial charge in [0.15, 0.2) is 0 Å². The summed E-state index contributed by atoms with van der Waals surface area (Å²) in [5.41, 5.74) is 6.53. The predicted octanol–water partition coefficient (Wildman–Crippen LogP) is 6.10. The minimum Gasteiger partial charge on any atom is -0.495 e. The van der Waals surface area contributed by atoms with E-state index >= 15 is 0 Å². The molecule has 0 radical (unpaired) electrons. The van der Waals surface area contributed by atoms with E-state index in [-0.39, 0.29) is 11.8 Å². The van der Waals surface area contributed by atoms with Crippen molar-refractivity contribution in [3.8, 4) is 17.0 Å². The fourth-order valence-electron chi connectivity index (χ4n) is 4.23. The summed E-state index contributed by atoms with van der Waals surface area (Å²) in [5.74, 6) is 0.543. The summed E-state index contributed by atoms with van der Waals surface area (Å²) in [6, 6.07) is 9.50. The van der Waals surface area contributed by atoms with Crippen LogP contribution in [0.25, 0.3) is 11.3 Å². The van der Waals surface area contributed by atoms with Gasteiger partial charge in [0.1, 0.15) is 5.75 Å². The molecule has 1 heterocycles. The zero-order chi connectivity index (χ0) is 22.1. The molecule has 0 fully saturated rings. The van der Waals surface area contributed by atoms with Gasteiger partial charge in [-0.2, -0.15) is 5.10 Å². The highest BCUT2D eigenvalue weighted by Gasteiger charge is 2.30. The van der Waals surface area contributed by atoms with E-state index in [4.69, 9.17) is 27.9 Å². The van der Waals surface area contributed by atoms with Crippen molar-refractivity contribution in [2.45, 2.75) is 32.1 Å². The molecule has 2 N–H and O–H groups in total. The Bertz CT molecular complexity index is 1170. The third kappa shape index (κ3) is 3.95. The molecule has 1 atom stereocenters. The zero-order valence-corrected chi connectivity index (χ0v) is 18.9. The van der Waals surface area contributed by atoms with Gasteiger partial charge in [-0.1, -0.05) is 48.0 Å². The first-order valence-electron chi connectivity index (χ1n) is 10.1. The van der Waals surface area contributed by atoms with E-state index < -0.39 is 0 Å². The standard InChI is InChI=1S/C24H23Cl2N3O2/c1-4-20(30)27-17-8-6-5-7-15(17)24-16-10-9-14(12-18(16)28-29-24)21-22(25)13(2)11-19(31-3)23(21)26/h4-8,11,14H,1,9-10,12H2,2-3H3,(H,27,30)(H,28,29)/t14-/m0/s1. The second-order valence-electron chi connectivity index (χ2n) is 7.65. The molecule has 2 aromatic carbocycles. The molecule has 1 aromatic heterocycles. The molecule has 1 aliphatic rings. The van der Waals surface area contributed by atoms with Crippen molar-refractivity contribution in [1.82, 2.24) is 10.2 Å². The molecule has 0 unspecified atom stereocenters. The smallest absolute Gasteiger partial charge is 0.247 e. The molecular formula is C24H23Cl2N3O2. The first-order chi connectivity index (χ1) is 14.9. The lowest BCUT2D eigenvalue weighted by Gasteiger charge is -2.26. The van der Waals surface area contributed by atoms with Crippen LogP contribution in [-0.4, -0.2) is 23.2 Å². The summed E-state index contributed by atoms with van der Waals surface area (Å²) in [6.07, 6.45) is 3.70. The Hall–Kier alpha value is -2.76. The van der Waals surface area contributed by atoms with Crippen molar-refractivity contribution in [3.05, 3.63) is 75.4 Å². The van der Waals surface area contributed by atoms with Crippen molar-refractivity contribution in [2.75, 3.05) is 12.4 Å². The summed E-state index contributed by atoms with van der Waals surface area (Å²) < 4.78 is 5.45. The van der Waals surface area contributed by atoms with E-state index in [1.807, 2.05) is 37.3 Å². The second-order valence-corrected chi connectivity index (χ2v) is 8.40. The minimum absolute atomic E-state index is 0.158. The summed E-state index contributed by atoms with van der Waals surface area (Å²) in [4.78, 5) is 11.8. The van der Waals surface area contributed by atoms with Crippen LogP contribution in [-0.2, 0) is 17.6 Å². The Balaban J connectivity index is 1.69. The highest BCUT2D eigenvalue weighted by atomic mass is 35.5. The molecule has 0 saturated carbocycles. The Morgan fingerprint density at radius 1 is 1.32 bits per heavy atom. The van der Waals surface area contributed by atoms with Gasteiger partial charge in [0.25, 0.3) is 0 Å². The van der Waals surface area contributed by atoms with Gasteiger partial charge in [0.05, 0.1) is 23.5 Å². The normalized spacial score (nSPS) is 15.3. The SMILES string of the molecule is C=CC(=O)Nc1ccccc1-c1n[nH]c2c1CC[C@H](c1c(Cl)c(C)cc(OC)c1Cl)C2. The van der Waals surface area contributed by atoms with E-state index in [2.05, 4.69) is 22.1 Å². The van der Waals surface area contributed by atoms with Gasteiger partial charge in [-0.05, 0) is 61.4 Å². The molecule has 7 heteroatoms. The number of amides is 1. The van der Waals surface area contributed by atoms with Crippen molar-refractivity contribution >= 4 is 34.8 Å². The van der Waals surface area contributed by atoms with Gasteiger partial charge in [0.2, 0.25) is 5.91 Å². The average Bonchev–Trinajstić information content (AvgIpc) is 3.20. The number of aromatic amines is 1. The molecular weight excluding hydrogens is 433 g/mol. The predicted molar refractivity (Wildman–Crippen MR) is 125 cm³/mol. The monoisotopic (exact) mass is 455 g/mol. The largest absolute Gasteiger partial charge is 0.495 e. The highest BCUT2D eigenvalue weighted by molar-refractivity contribution is 6.37. The number of benzene rings is 2. The number of fused-ring (bicyclic) bond motifs is 1. The van der Waals surface area contributed by atoms with Crippen LogP contribution < -0.4 is 10.1 Å². The topological polar surface area (TPSA) is 67.0 Å². The van der Waals surface area contributed by atoms with Gasteiger partial charge >= 0.3 is 0 Å². The number of carbonyl (C=O) groups excluding carboxylic acids is 1. The number of ether oxygens (including phenoxy) is 1. The number of carbonyl (C=O) groups is 1. The number of halogens is 2. The molecule has 1 aliphatic carbocycles. The molecule has 31 heavy (non-hydrogen) atoms. The summed E-state index contributed by atoms with van der Waals surface area (Å²) in [5, 5.41) is 11.9. The number of aromatic nitrogens is 2. The molecule has 3 aromatic rings. The molecule has 5 nitrogen and oxygen atoms in total. The number of rotatable bonds is 5. The number of H-pyrrole nitrogens is 1. The average molecular weight is 456 g/mol. The highest BCUT2D eigenvalue weighted by Crippen LogP contribution is 2.45. The Kier molecular flexibility index (Phi) is 6.08. The summed E-state index contributed by atoms with van der Waals surface area (Å²) >= 11 is 13.3. The van der Waals surface area contributed by atoms with Crippen LogP contribution in [0.1, 0.15) is 34.7 Å². The summed E-state index contributed by atoms with van der Waals surface area (Å²) in [6.45, 7) is 5.48. The molecule has 0 saturated heterocycles. The number of anilines is 1. The van der Waals surface area contributed by atoms with Crippen molar-refractivity contribution in [1.29, 1.82) is 0 Å². The number of aryl methyl sites for hydroxylation is 1. The lowest BCUT2D eigenvalue weighted by molar-refractivity contribution is -0.111. The maximum atomic E-state index is 11.8. The quantitative estimate of drug-likeness (QED) is 0.456. The Morgan fingerprint density at radius 2 is 2.10 bits per heavy atom. The summed E-state index contributed by atoms with van der Waals surface area (Å²) in [7, 11) is 1.61. The molecule has 0 aliphatic heterocycles. The van der Waals surface area contributed by atoms with E-state index in [0.29, 0.717) is 21.5 Å². The van der Waals surface area contributed by atoms with Gasteiger partial charge < -0.3 is 10.1 Å². The number of hydrogen-bond acceptors (Lipinski definition) is 3. The number of nitrogens with zero attached hydrogens (tertiary/aromatic N) is 1. The van der Waals surface area contributed by atoms with Crippen LogP contribution >= 0.6 is 23.2 Å². The molecule has 160 valence electrons. The minimum atomic E-state index is -0.255. The van der Waals surface area contributed by atoms with Crippen LogP contribution in [0.3, 0.4) is 0 Å². The van der Waals surface area contributed by atoms with E-state index in [1.54, 1.807) is 7.11 Å². The van der Waals surface area contributed by atoms with Crippen molar-refractivity contribution < 1.29 is 9.53 Å². The second kappa shape index (κ2) is 8.77. The van der Waals surface area contributed by atoms with Crippen molar-refractivity contribution in [2.24, 2.45) is 0 Å². The Morgan fingerprint density at radius 3 is 2.84 bits per heavy atom. The van der Waals surface area contributed by atoms with Crippen LogP contribution in [0, 0.1) is 6.92 Å². The van der Waals surface area contributed by atoms with Crippen LogP contribution in [0.15, 0.2) is 43.0 Å². The van der Waals surface area contributed by atoms with Crippen LogP contribution in [0.5, 0.6) is 5.75 Å². The fourth-order valence-corrected chi connectivity index (χ4v) is 4.96. The van der Waals surface area contributed by atoms with E-state index in [0.717, 1.165) is 52.9 Å². The molecule has 1 amide bonds. The maximum Gasteiger partial charge on any atom is 0.247 e. The third-order valence-corrected chi connectivity index (χ3v) is 6.67. The van der Waals surface area contributed by atoms with Gasteiger partial charge in [0, 0.05) is 21.8 Å². The first kappa shape index (κ1) is 21.5. The number of methoxy groups -OCH3 is 1. The Labute approximate surface area is 191 Å². The molecule has 0 bridgehead atoms. The van der Waals surface area contributed by atoms with Gasteiger partial charge in [-0.25, -0.2) is 0 Å². The molecule has 0 spiro atoms. The van der Waals surface area contributed by atoms with E-state index in [1.165, 1.54) is 6.08 Å².